The molecule has 7 heteroatoms. The number of aryl methyl sites for hydroxylation is 1. The Morgan fingerprint density at radius 2 is 2.22 bits per heavy atom. The van der Waals surface area contributed by atoms with Crippen LogP contribution in [0.25, 0.3) is 0 Å². The third-order valence-corrected chi connectivity index (χ3v) is 1.97. The number of nitro groups is 1. The van der Waals surface area contributed by atoms with Gasteiger partial charge in [0.1, 0.15) is 0 Å². The van der Waals surface area contributed by atoms with E-state index in [0.717, 1.165) is 6.21 Å². The van der Waals surface area contributed by atoms with Crippen LogP contribution in [0.1, 0.15) is 5.56 Å². The van der Waals surface area contributed by atoms with Gasteiger partial charge in [0.25, 0.3) is 5.69 Å². The van der Waals surface area contributed by atoms with Crippen LogP contribution in [0.4, 0.5) is 5.69 Å². The van der Waals surface area contributed by atoms with Crippen molar-refractivity contribution in [2.24, 2.45) is 12.2 Å². The lowest BCUT2D eigenvalue weighted by Crippen LogP contribution is -1.93. The summed E-state index contributed by atoms with van der Waals surface area (Å²) in [5, 5.41) is 21.3. The zero-order chi connectivity index (χ0) is 13.4. The number of nitrogens with zero attached hydrogens (tertiary/aromatic N) is 4. The van der Waals surface area contributed by atoms with E-state index in [1.807, 2.05) is 17.8 Å². The van der Waals surface area contributed by atoms with Crippen molar-refractivity contribution in [1.29, 1.82) is 0 Å². The highest BCUT2D eigenvalue weighted by Crippen LogP contribution is 2.14. The second-order valence-electron chi connectivity index (χ2n) is 3.29. The van der Waals surface area contributed by atoms with Gasteiger partial charge in [-0.15, -0.1) is 0 Å². The van der Waals surface area contributed by atoms with Gasteiger partial charge in [-0.3, -0.25) is 10.1 Å². The van der Waals surface area contributed by atoms with Gasteiger partial charge in [-0.1, -0.05) is 17.3 Å². The number of rotatable bonds is 2. The number of oxime groups is 1. The number of nitro benzene ring substituents is 1. The zero-order valence-electron chi connectivity index (χ0n) is 9.67. The van der Waals surface area contributed by atoms with Gasteiger partial charge in [0, 0.05) is 25.5 Å². The molecule has 0 unspecified atom stereocenters. The van der Waals surface area contributed by atoms with Crippen LogP contribution in [0.2, 0.25) is 0 Å². The standard InChI is InChI=1S/C7H6N2O3.C4H6N2/c10-8-5-6-3-1-2-4-7(6)9(11)12;1-6-3-2-5-4-6/h1-5,10H;2-4H,1H3. The third-order valence-electron chi connectivity index (χ3n) is 1.97. The molecule has 0 bridgehead atoms. The van der Waals surface area contributed by atoms with Crippen molar-refractivity contribution in [2.45, 2.75) is 0 Å². The van der Waals surface area contributed by atoms with Crippen LogP contribution in [0.15, 0.2) is 48.1 Å². The van der Waals surface area contributed by atoms with Crippen LogP contribution in [-0.4, -0.2) is 25.9 Å². The van der Waals surface area contributed by atoms with Gasteiger partial charge in [-0.25, -0.2) is 4.98 Å². The molecule has 1 aromatic carbocycles. The van der Waals surface area contributed by atoms with E-state index in [1.165, 1.54) is 12.1 Å². The highest BCUT2D eigenvalue weighted by molar-refractivity contribution is 5.84. The van der Waals surface area contributed by atoms with E-state index in [2.05, 4.69) is 10.1 Å². The van der Waals surface area contributed by atoms with E-state index in [-0.39, 0.29) is 11.3 Å². The highest BCUT2D eigenvalue weighted by Gasteiger charge is 2.09. The lowest BCUT2D eigenvalue weighted by Gasteiger charge is -1.93. The van der Waals surface area contributed by atoms with Crippen molar-refractivity contribution in [3.8, 4) is 0 Å². The van der Waals surface area contributed by atoms with Crippen LogP contribution < -0.4 is 0 Å². The number of hydrogen-bond acceptors (Lipinski definition) is 5. The van der Waals surface area contributed by atoms with E-state index in [4.69, 9.17) is 5.21 Å². The Hall–Kier alpha value is -2.70. The number of hydrogen-bond donors (Lipinski definition) is 1. The largest absolute Gasteiger partial charge is 0.411 e. The summed E-state index contributed by atoms with van der Waals surface area (Å²) in [6.45, 7) is 0. The van der Waals surface area contributed by atoms with Gasteiger partial charge in [-0.2, -0.15) is 0 Å². The summed E-state index contributed by atoms with van der Waals surface area (Å²) in [4.78, 5) is 13.6. The third kappa shape index (κ3) is 4.05. The molecule has 0 amide bonds. The van der Waals surface area contributed by atoms with E-state index in [0.29, 0.717) is 0 Å². The summed E-state index contributed by atoms with van der Waals surface area (Å²) in [6, 6.07) is 6.02. The lowest BCUT2D eigenvalue weighted by atomic mass is 10.2. The maximum Gasteiger partial charge on any atom is 0.278 e. The Morgan fingerprint density at radius 3 is 2.67 bits per heavy atom. The summed E-state index contributed by atoms with van der Waals surface area (Å²) in [5.74, 6) is 0. The quantitative estimate of drug-likeness (QED) is 0.379. The van der Waals surface area contributed by atoms with Crippen molar-refractivity contribution in [2.75, 3.05) is 0 Å². The molecule has 0 aliphatic rings. The van der Waals surface area contributed by atoms with Crippen LogP contribution in [-0.2, 0) is 7.05 Å². The molecule has 7 nitrogen and oxygen atoms in total. The first-order valence-electron chi connectivity index (χ1n) is 4.98. The molecule has 18 heavy (non-hydrogen) atoms. The SMILES string of the molecule is Cn1ccnc1.O=[N+]([O-])c1ccccc1C=NO. The monoisotopic (exact) mass is 248 g/mol. The average Bonchev–Trinajstić information content (AvgIpc) is 2.82. The van der Waals surface area contributed by atoms with Gasteiger partial charge >= 0.3 is 0 Å². The predicted octanol–water partition coefficient (Wildman–Crippen LogP) is 1.82. The van der Waals surface area contributed by atoms with Gasteiger partial charge in [0.2, 0.25) is 0 Å². The van der Waals surface area contributed by atoms with Crippen LogP contribution in [0.5, 0.6) is 0 Å². The molecule has 0 saturated heterocycles. The predicted molar refractivity (Wildman–Crippen MR) is 65.7 cm³/mol. The van der Waals surface area contributed by atoms with E-state index in [1.54, 1.807) is 24.7 Å². The van der Waals surface area contributed by atoms with Gasteiger partial charge < -0.3 is 9.77 Å². The van der Waals surface area contributed by atoms with Crippen molar-refractivity contribution in [3.63, 3.8) is 0 Å². The van der Waals surface area contributed by atoms with E-state index in [9.17, 15) is 10.1 Å². The molecule has 0 radical (unpaired) electrons. The molecule has 0 fully saturated rings. The molecule has 1 aromatic heterocycles. The summed E-state index contributed by atoms with van der Waals surface area (Å²) in [6.07, 6.45) is 6.41. The Labute approximate surface area is 103 Å². The number of benzene rings is 1. The average molecular weight is 248 g/mol. The first kappa shape index (κ1) is 13.4. The molecular formula is C11H12N4O3. The Morgan fingerprint density at radius 1 is 1.50 bits per heavy atom. The molecule has 1 heterocycles. The van der Waals surface area contributed by atoms with Crippen LogP contribution >= 0.6 is 0 Å². The fourth-order valence-electron chi connectivity index (χ4n) is 1.15. The minimum Gasteiger partial charge on any atom is -0.411 e. The highest BCUT2D eigenvalue weighted by atomic mass is 16.6. The first-order chi connectivity index (χ1) is 8.65. The summed E-state index contributed by atoms with van der Waals surface area (Å²) in [5.41, 5.74) is 0.209. The Kier molecular flexibility index (Phi) is 5.04. The van der Waals surface area contributed by atoms with Gasteiger partial charge in [-0.05, 0) is 6.07 Å². The molecule has 2 rings (SSSR count). The van der Waals surface area contributed by atoms with Crippen LogP contribution in [0, 0.1) is 10.1 Å². The smallest absolute Gasteiger partial charge is 0.278 e. The van der Waals surface area contributed by atoms with Crippen LogP contribution in [0.3, 0.4) is 0 Å². The fourth-order valence-corrected chi connectivity index (χ4v) is 1.15. The van der Waals surface area contributed by atoms with Gasteiger partial charge in [0.05, 0.1) is 23.0 Å². The maximum atomic E-state index is 10.4. The topological polar surface area (TPSA) is 93.5 Å². The van der Waals surface area contributed by atoms with E-state index >= 15 is 0 Å². The molecule has 2 aromatic rings. The Bertz CT molecular complexity index is 523. The molecule has 0 spiro atoms. The minimum absolute atomic E-state index is 0.0738. The second-order valence-corrected chi connectivity index (χ2v) is 3.29. The molecule has 0 aliphatic heterocycles. The molecule has 0 atom stereocenters. The lowest BCUT2D eigenvalue weighted by molar-refractivity contribution is -0.385. The molecule has 1 N–H and O–H groups in total. The minimum atomic E-state index is -0.531. The fraction of sp³-hybridized carbons (Fsp3) is 0.0909. The van der Waals surface area contributed by atoms with E-state index < -0.39 is 4.92 Å². The maximum absolute atomic E-state index is 10.4. The summed E-state index contributed by atoms with van der Waals surface area (Å²) in [7, 11) is 1.94. The summed E-state index contributed by atoms with van der Waals surface area (Å²) < 4.78 is 1.89. The molecule has 0 saturated carbocycles. The number of imidazole rings is 1. The Balaban J connectivity index is 0.000000225. The normalized spacial score (nSPS) is 9.83. The number of para-hydroxylation sites is 1. The molecular weight excluding hydrogens is 236 g/mol. The first-order valence-corrected chi connectivity index (χ1v) is 4.98. The summed E-state index contributed by atoms with van der Waals surface area (Å²) >= 11 is 0. The van der Waals surface area contributed by atoms with Crippen molar-refractivity contribution < 1.29 is 10.1 Å². The number of aromatic nitrogens is 2. The second kappa shape index (κ2) is 6.79. The molecule has 0 aliphatic carbocycles. The molecule has 94 valence electrons. The van der Waals surface area contributed by atoms with Gasteiger partial charge in [0.15, 0.2) is 0 Å². The van der Waals surface area contributed by atoms with Crippen molar-refractivity contribution in [3.05, 3.63) is 58.7 Å². The van der Waals surface area contributed by atoms with Crippen molar-refractivity contribution >= 4 is 11.9 Å². The van der Waals surface area contributed by atoms with Crippen molar-refractivity contribution in [1.82, 2.24) is 9.55 Å². The zero-order valence-corrected chi connectivity index (χ0v) is 9.67.